The van der Waals surface area contributed by atoms with E-state index in [1.54, 1.807) is 12.4 Å². The molecule has 12 aromatic carbocycles. The molecule has 90 heavy (non-hydrogen) atoms. The maximum atomic E-state index is 13.9. The number of nitrogens with two attached hydrogens (primary N) is 1. The summed E-state index contributed by atoms with van der Waals surface area (Å²) in [5, 5.41) is 26.0. The van der Waals surface area contributed by atoms with Crippen molar-refractivity contribution in [3.63, 3.8) is 0 Å². The summed E-state index contributed by atoms with van der Waals surface area (Å²) in [6.45, 7) is 0. The van der Waals surface area contributed by atoms with Crippen molar-refractivity contribution in [3.8, 4) is 11.1 Å². The standard InChI is InChI=1S/C26H21NO.C20H17NO.C19H14O.C18H15NO/c28-25(27-24-19-11-4-12-20-24)26(21-13-5-1-6-14-21,22-15-7-2-8-16-22)23-17-9-3-10-18-23;21-19(22)20(16-10-4-1-5-11-16,17-12-6-2-7-13-17)18-14-8-3-9-15-18;20-19(14-8-2-1-3-9-14)17-12-6-4-10-15(17)16-11-5-7-13-18(16)19;20-18(15-7-3-1-4-8-15,16-9-5-2-6-10-16)17-11-13-19-14-12-17/h1-20H,(H,27,28);1-15H,(H2,21,22);1-13,20H;1-14,20H. The molecule has 1 heterocycles. The summed E-state index contributed by atoms with van der Waals surface area (Å²) in [5.41, 5.74) is 15.6. The number of aliphatic hydroxyl groups is 2. The van der Waals surface area contributed by atoms with Crippen LogP contribution in [0.2, 0.25) is 0 Å². The van der Waals surface area contributed by atoms with Crippen molar-refractivity contribution in [1.29, 1.82) is 0 Å². The normalized spacial score (nSPS) is 11.9. The van der Waals surface area contributed by atoms with Gasteiger partial charge in [0.05, 0.1) is 0 Å². The first-order chi connectivity index (χ1) is 44.2. The lowest BCUT2D eigenvalue weighted by Gasteiger charge is -2.34. The maximum absolute atomic E-state index is 13.9. The zero-order chi connectivity index (χ0) is 62.1. The van der Waals surface area contributed by atoms with Crippen molar-refractivity contribution in [2.24, 2.45) is 5.73 Å². The van der Waals surface area contributed by atoms with E-state index in [1.807, 2.05) is 352 Å². The Morgan fingerprint density at radius 1 is 0.322 bits per heavy atom. The molecule has 0 saturated carbocycles. The van der Waals surface area contributed by atoms with Crippen molar-refractivity contribution < 1.29 is 19.8 Å². The van der Waals surface area contributed by atoms with E-state index >= 15 is 0 Å². The topological polar surface area (TPSA) is 126 Å². The number of carbonyl (C=O) groups excluding carboxylic acids is 2. The van der Waals surface area contributed by atoms with E-state index in [9.17, 15) is 19.8 Å². The maximum Gasteiger partial charge on any atom is 0.244 e. The lowest BCUT2D eigenvalue weighted by atomic mass is 9.68. The van der Waals surface area contributed by atoms with E-state index in [4.69, 9.17) is 5.73 Å². The summed E-state index contributed by atoms with van der Waals surface area (Å²) in [4.78, 5) is 30.6. The van der Waals surface area contributed by atoms with E-state index in [-0.39, 0.29) is 11.8 Å². The second-order valence-electron chi connectivity index (χ2n) is 21.7. The first-order valence-corrected chi connectivity index (χ1v) is 29.9. The van der Waals surface area contributed by atoms with Crippen molar-refractivity contribution >= 4 is 17.5 Å². The first kappa shape index (κ1) is 60.3. The third-order valence-electron chi connectivity index (χ3n) is 16.6. The number of benzene rings is 12. The van der Waals surface area contributed by atoms with Crippen LogP contribution in [0.3, 0.4) is 0 Å². The molecular formula is C83H67N3O4. The number of hydrogen-bond donors (Lipinski definition) is 4. The molecule has 7 heteroatoms. The largest absolute Gasteiger partial charge is 0.376 e. The van der Waals surface area contributed by atoms with Gasteiger partial charge in [-0.05, 0) is 91.0 Å². The summed E-state index contributed by atoms with van der Waals surface area (Å²) in [7, 11) is 0. The van der Waals surface area contributed by atoms with Crippen molar-refractivity contribution in [2.75, 3.05) is 5.32 Å². The predicted octanol–water partition coefficient (Wildman–Crippen LogP) is 16.5. The monoisotopic (exact) mass is 1170 g/mol. The SMILES string of the molecule is NC(=O)C(c1ccccc1)(c1ccccc1)c1ccccc1.O=C(Nc1ccccc1)C(c1ccccc1)(c1ccccc1)c1ccccc1.OC(c1ccccc1)(c1ccccc1)c1ccncc1.OC1(c2ccccc2)c2ccccc2-c2ccccc21. The Bertz CT molecular complexity index is 3960. The van der Waals surface area contributed by atoms with Gasteiger partial charge in [-0.2, -0.15) is 0 Å². The fourth-order valence-corrected chi connectivity index (χ4v) is 12.3. The molecule has 1 aliphatic rings. The smallest absolute Gasteiger partial charge is 0.244 e. The van der Waals surface area contributed by atoms with Crippen LogP contribution >= 0.6 is 0 Å². The fraction of sp³-hybridized carbons (Fsp3) is 0.0482. The van der Waals surface area contributed by atoms with E-state index in [1.165, 1.54) is 0 Å². The van der Waals surface area contributed by atoms with Gasteiger partial charge in [0.25, 0.3) is 0 Å². The van der Waals surface area contributed by atoms with E-state index in [2.05, 4.69) is 22.4 Å². The van der Waals surface area contributed by atoms with Crippen LogP contribution in [0.4, 0.5) is 5.69 Å². The van der Waals surface area contributed by atoms with Crippen LogP contribution in [0.5, 0.6) is 0 Å². The zero-order valence-corrected chi connectivity index (χ0v) is 49.5. The van der Waals surface area contributed by atoms with Crippen molar-refractivity contribution in [2.45, 2.75) is 22.0 Å². The minimum atomic E-state index is -1.16. The lowest BCUT2D eigenvalue weighted by molar-refractivity contribution is -0.121. The minimum Gasteiger partial charge on any atom is -0.376 e. The number of hydrogen-bond acceptors (Lipinski definition) is 5. The number of nitrogens with zero attached hydrogens (tertiary/aromatic N) is 1. The van der Waals surface area contributed by atoms with Gasteiger partial charge >= 0.3 is 0 Å². The van der Waals surface area contributed by atoms with E-state index < -0.39 is 22.0 Å². The molecule has 5 N–H and O–H groups in total. The average Bonchev–Trinajstić information content (AvgIpc) is 1.51. The Hall–Kier alpha value is -11.4. The van der Waals surface area contributed by atoms with Gasteiger partial charge < -0.3 is 21.3 Å². The van der Waals surface area contributed by atoms with Gasteiger partial charge in [0, 0.05) is 29.2 Å². The molecule has 2 amide bonds. The number of rotatable bonds is 13. The number of aromatic nitrogens is 1. The van der Waals surface area contributed by atoms with Crippen LogP contribution < -0.4 is 11.1 Å². The van der Waals surface area contributed by atoms with Crippen molar-refractivity contribution in [3.05, 3.63) is 443 Å². The molecule has 14 rings (SSSR count). The molecule has 438 valence electrons. The highest BCUT2D eigenvalue weighted by molar-refractivity contribution is 6.05. The van der Waals surface area contributed by atoms with Crippen LogP contribution in [0.25, 0.3) is 11.1 Å². The molecule has 1 aliphatic carbocycles. The highest BCUT2D eigenvalue weighted by Crippen LogP contribution is 2.51. The molecule has 0 spiro atoms. The number of carbonyl (C=O) groups is 2. The first-order valence-electron chi connectivity index (χ1n) is 29.9. The number of fused-ring (bicyclic) bond motifs is 3. The van der Waals surface area contributed by atoms with E-state index in [0.29, 0.717) is 0 Å². The Morgan fingerprint density at radius 3 is 0.900 bits per heavy atom. The molecule has 7 nitrogen and oxygen atoms in total. The van der Waals surface area contributed by atoms with Crippen LogP contribution in [-0.2, 0) is 31.6 Å². The Kier molecular flexibility index (Phi) is 18.8. The second kappa shape index (κ2) is 28.0. The van der Waals surface area contributed by atoms with Crippen molar-refractivity contribution in [1.82, 2.24) is 4.98 Å². The average molecular weight is 1170 g/mol. The predicted molar refractivity (Wildman–Crippen MR) is 362 cm³/mol. The minimum absolute atomic E-state index is 0.0812. The Balaban J connectivity index is 0.000000125. The summed E-state index contributed by atoms with van der Waals surface area (Å²) >= 11 is 0. The Morgan fingerprint density at radius 2 is 0.578 bits per heavy atom. The number of anilines is 1. The fourth-order valence-electron chi connectivity index (χ4n) is 12.3. The third kappa shape index (κ3) is 12.1. The molecule has 0 radical (unpaired) electrons. The van der Waals surface area contributed by atoms with E-state index in [0.717, 1.165) is 83.6 Å². The van der Waals surface area contributed by atoms with Gasteiger partial charge in [-0.1, -0.05) is 340 Å². The van der Waals surface area contributed by atoms with Gasteiger partial charge in [0.1, 0.15) is 22.0 Å². The van der Waals surface area contributed by atoms with Gasteiger partial charge in [-0.3, -0.25) is 14.6 Å². The molecule has 0 fully saturated rings. The number of nitrogens with one attached hydrogen (secondary N) is 1. The van der Waals surface area contributed by atoms with Gasteiger partial charge in [-0.25, -0.2) is 0 Å². The number of pyridine rings is 1. The summed E-state index contributed by atoms with van der Waals surface area (Å²) < 4.78 is 0. The number of para-hydroxylation sites is 1. The molecule has 0 aliphatic heterocycles. The summed E-state index contributed by atoms with van der Waals surface area (Å²) in [6, 6.07) is 118. The molecule has 13 aromatic rings. The van der Waals surface area contributed by atoms with Gasteiger partial charge in [0.2, 0.25) is 11.8 Å². The molecule has 0 bridgehead atoms. The molecule has 0 unspecified atom stereocenters. The summed E-state index contributed by atoms with van der Waals surface area (Å²) in [5.74, 6) is -0.460. The quantitative estimate of drug-likeness (QED) is 0.0856. The molecule has 0 saturated heterocycles. The number of amides is 2. The molecule has 0 atom stereocenters. The molecular weight excluding hydrogens is 1100 g/mol. The van der Waals surface area contributed by atoms with Crippen LogP contribution in [0.1, 0.15) is 66.8 Å². The Labute approximate surface area is 526 Å². The van der Waals surface area contributed by atoms with Crippen LogP contribution in [0, 0.1) is 0 Å². The van der Waals surface area contributed by atoms with Gasteiger partial charge in [-0.15, -0.1) is 0 Å². The summed E-state index contributed by atoms with van der Waals surface area (Å²) in [6.07, 6.45) is 3.40. The van der Waals surface area contributed by atoms with Crippen LogP contribution in [-0.4, -0.2) is 27.0 Å². The second-order valence-corrected chi connectivity index (χ2v) is 21.7. The highest BCUT2D eigenvalue weighted by atomic mass is 16.3. The van der Waals surface area contributed by atoms with Crippen LogP contribution in [0.15, 0.2) is 376 Å². The third-order valence-corrected chi connectivity index (χ3v) is 16.6. The molecule has 1 aromatic heterocycles. The lowest BCUT2D eigenvalue weighted by Crippen LogP contribution is -2.43. The number of primary amides is 1. The van der Waals surface area contributed by atoms with Gasteiger partial charge in [0.15, 0.2) is 0 Å². The zero-order valence-electron chi connectivity index (χ0n) is 49.5. The highest BCUT2D eigenvalue weighted by Gasteiger charge is 2.45.